The van der Waals surface area contributed by atoms with Crippen LogP contribution in [-0.2, 0) is 9.53 Å². The summed E-state index contributed by atoms with van der Waals surface area (Å²) < 4.78 is 4.79. The molecule has 18 heavy (non-hydrogen) atoms. The maximum Gasteiger partial charge on any atom is 0.328 e. The molecule has 0 radical (unpaired) electrons. The standard InChI is InChI=1S/C13H18N2O3/c1-4-18-12(16)10(3)14-13(17)15-11-7-5-9(2)6-8-11/h5-8,10H,4H2,1-3H3,(H2,14,15,17). The van der Waals surface area contributed by atoms with Crippen molar-refractivity contribution in [2.24, 2.45) is 0 Å². The van der Waals surface area contributed by atoms with E-state index in [0.717, 1.165) is 5.56 Å². The van der Waals surface area contributed by atoms with Crippen LogP contribution in [0.4, 0.5) is 10.5 Å². The number of aryl methyl sites for hydroxylation is 1. The number of benzene rings is 1. The third kappa shape index (κ3) is 4.45. The average molecular weight is 250 g/mol. The zero-order valence-corrected chi connectivity index (χ0v) is 10.8. The number of hydrogen-bond donors (Lipinski definition) is 2. The number of rotatable bonds is 4. The van der Waals surface area contributed by atoms with Gasteiger partial charge in [0.25, 0.3) is 0 Å². The van der Waals surface area contributed by atoms with Crippen LogP contribution in [0, 0.1) is 6.92 Å². The molecule has 2 amide bonds. The Labute approximate surface area is 107 Å². The van der Waals surface area contributed by atoms with Crippen molar-refractivity contribution < 1.29 is 14.3 Å². The number of amides is 2. The predicted octanol–water partition coefficient (Wildman–Crippen LogP) is 2.07. The molecule has 5 heteroatoms. The van der Waals surface area contributed by atoms with Crippen LogP contribution in [0.5, 0.6) is 0 Å². The molecular weight excluding hydrogens is 232 g/mol. The van der Waals surface area contributed by atoms with Crippen molar-refractivity contribution in [2.45, 2.75) is 26.8 Å². The number of urea groups is 1. The lowest BCUT2D eigenvalue weighted by Crippen LogP contribution is -2.41. The summed E-state index contributed by atoms with van der Waals surface area (Å²) in [7, 11) is 0. The van der Waals surface area contributed by atoms with Crippen LogP contribution in [0.25, 0.3) is 0 Å². The van der Waals surface area contributed by atoms with E-state index >= 15 is 0 Å². The first kappa shape index (κ1) is 14.0. The van der Waals surface area contributed by atoms with Crippen LogP contribution in [-0.4, -0.2) is 24.6 Å². The minimum atomic E-state index is -0.671. The molecule has 0 spiro atoms. The van der Waals surface area contributed by atoms with Gasteiger partial charge in [-0.05, 0) is 32.9 Å². The number of carbonyl (C=O) groups excluding carboxylic acids is 2. The van der Waals surface area contributed by atoms with Crippen LogP contribution in [0.15, 0.2) is 24.3 Å². The summed E-state index contributed by atoms with van der Waals surface area (Å²) in [6, 6.07) is 6.28. The van der Waals surface area contributed by atoms with Crippen LogP contribution < -0.4 is 10.6 Å². The van der Waals surface area contributed by atoms with Gasteiger partial charge in [-0.1, -0.05) is 17.7 Å². The molecular formula is C13H18N2O3. The summed E-state index contributed by atoms with van der Waals surface area (Å²) in [6.45, 7) is 5.56. The van der Waals surface area contributed by atoms with E-state index in [4.69, 9.17) is 4.74 Å². The van der Waals surface area contributed by atoms with Gasteiger partial charge >= 0.3 is 12.0 Å². The molecule has 0 aliphatic carbocycles. The van der Waals surface area contributed by atoms with Crippen LogP contribution in [0.3, 0.4) is 0 Å². The Hall–Kier alpha value is -2.04. The first-order valence-corrected chi connectivity index (χ1v) is 5.83. The lowest BCUT2D eigenvalue weighted by Gasteiger charge is -2.13. The molecule has 1 unspecified atom stereocenters. The smallest absolute Gasteiger partial charge is 0.328 e. The SMILES string of the molecule is CCOC(=O)C(C)NC(=O)Nc1ccc(C)cc1. The minimum Gasteiger partial charge on any atom is -0.464 e. The lowest BCUT2D eigenvalue weighted by molar-refractivity contribution is -0.144. The molecule has 1 atom stereocenters. The maximum atomic E-state index is 11.6. The summed E-state index contributed by atoms with van der Waals surface area (Å²) in [5.41, 5.74) is 1.79. The van der Waals surface area contributed by atoms with E-state index in [9.17, 15) is 9.59 Å². The van der Waals surface area contributed by atoms with Crippen molar-refractivity contribution in [2.75, 3.05) is 11.9 Å². The normalized spacial score (nSPS) is 11.5. The largest absolute Gasteiger partial charge is 0.464 e. The van der Waals surface area contributed by atoms with Crippen LogP contribution in [0.1, 0.15) is 19.4 Å². The molecule has 0 heterocycles. The second-order valence-corrected chi connectivity index (χ2v) is 3.94. The van der Waals surface area contributed by atoms with Crippen molar-refractivity contribution >= 4 is 17.7 Å². The minimum absolute atomic E-state index is 0.296. The summed E-state index contributed by atoms with van der Waals surface area (Å²) in [6.07, 6.45) is 0. The van der Waals surface area contributed by atoms with E-state index in [-0.39, 0.29) is 0 Å². The number of carbonyl (C=O) groups is 2. The first-order chi connectivity index (χ1) is 8.52. The Morgan fingerprint density at radius 2 is 1.89 bits per heavy atom. The molecule has 0 aromatic heterocycles. The third-order valence-electron chi connectivity index (χ3n) is 2.30. The van der Waals surface area contributed by atoms with Gasteiger partial charge in [-0.3, -0.25) is 0 Å². The summed E-state index contributed by atoms with van der Waals surface area (Å²) >= 11 is 0. The number of anilines is 1. The molecule has 1 aromatic rings. The van der Waals surface area contributed by atoms with Gasteiger partial charge in [0.05, 0.1) is 6.61 Å². The Balaban J connectivity index is 2.46. The molecule has 98 valence electrons. The van der Waals surface area contributed by atoms with Gasteiger partial charge in [-0.2, -0.15) is 0 Å². The molecule has 1 rings (SSSR count). The van der Waals surface area contributed by atoms with Crippen LogP contribution >= 0.6 is 0 Å². The second-order valence-electron chi connectivity index (χ2n) is 3.94. The van der Waals surface area contributed by atoms with Crippen LogP contribution in [0.2, 0.25) is 0 Å². The van der Waals surface area contributed by atoms with Gasteiger partial charge in [-0.25, -0.2) is 9.59 Å². The van der Waals surface area contributed by atoms with Gasteiger partial charge in [0, 0.05) is 5.69 Å². The summed E-state index contributed by atoms with van der Waals surface area (Å²) in [5, 5.41) is 5.14. The van der Waals surface area contributed by atoms with Crippen molar-refractivity contribution in [3.05, 3.63) is 29.8 Å². The number of esters is 1. The molecule has 0 aliphatic heterocycles. The van der Waals surface area contributed by atoms with Gasteiger partial charge in [0.1, 0.15) is 6.04 Å². The Bertz CT molecular complexity index is 415. The second kappa shape index (κ2) is 6.64. The molecule has 5 nitrogen and oxygen atoms in total. The summed E-state index contributed by atoms with van der Waals surface area (Å²) in [5.74, 6) is -0.448. The molecule has 0 bridgehead atoms. The van der Waals surface area contributed by atoms with E-state index in [2.05, 4.69) is 10.6 Å². The van der Waals surface area contributed by atoms with E-state index in [1.165, 1.54) is 0 Å². The highest BCUT2D eigenvalue weighted by Crippen LogP contribution is 2.08. The Kier molecular flexibility index (Phi) is 5.17. The van der Waals surface area contributed by atoms with E-state index in [1.54, 1.807) is 26.0 Å². The monoisotopic (exact) mass is 250 g/mol. The fourth-order valence-electron chi connectivity index (χ4n) is 1.33. The lowest BCUT2D eigenvalue weighted by atomic mass is 10.2. The fraction of sp³-hybridized carbons (Fsp3) is 0.385. The van der Waals surface area contributed by atoms with E-state index in [1.807, 2.05) is 19.1 Å². The highest BCUT2D eigenvalue weighted by atomic mass is 16.5. The highest BCUT2D eigenvalue weighted by Gasteiger charge is 2.16. The van der Waals surface area contributed by atoms with Gasteiger partial charge < -0.3 is 15.4 Å². The number of hydrogen-bond acceptors (Lipinski definition) is 3. The number of nitrogens with one attached hydrogen (secondary N) is 2. The van der Waals surface area contributed by atoms with E-state index < -0.39 is 18.0 Å². The van der Waals surface area contributed by atoms with Crippen molar-refractivity contribution in [1.29, 1.82) is 0 Å². The zero-order valence-electron chi connectivity index (χ0n) is 10.8. The van der Waals surface area contributed by atoms with Crippen molar-refractivity contribution in [3.63, 3.8) is 0 Å². The maximum absolute atomic E-state index is 11.6. The zero-order chi connectivity index (χ0) is 13.5. The predicted molar refractivity (Wildman–Crippen MR) is 69.4 cm³/mol. The molecule has 0 fully saturated rings. The molecule has 1 aromatic carbocycles. The molecule has 0 aliphatic rings. The van der Waals surface area contributed by atoms with Crippen molar-refractivity contribution in [1.82, 2.24) is 5.32 Å². The fourth-order valence-corrected chi connectivity index (χ4v) is 1.33. The average Bonchev–Trinajstić information content (AvgIpc) is 2.32. The molecule has 0 saturated heterocycles. The number of ether oxygens (including phenoxy) is 1. The quantitative estimate of drug-likeness (QED) is 0.804. The van der Waals surface area contributed by atoms with Crippen molar-refractivity contribution in [3.8, 4) is 0 Å². The van der Waals surface area contributed by atoms with E-state index in [0.29, 0.717) is 12.3 Å². The van der Waals surface area contributed by atoms with Gasteiger partial charge in [0.15, 0.2) is 0 Å². The first-order valence-electron chi connectivity index (χ1n) is 5.83. The molecule has 0 saturated carbocycles. The highest BCUT2D eigenvalue weighted by molar-refractivity contribution is 5.92. The molecule has 2 N–H and O–H groups in total. The van der Waals surface area contributed by atoms with Gasteiger partial charge in [-0.15, -0.1) is 0 Å². The van der Waals surface area contributed by atoms with Gasteiger partial charge in [0.2, 0.25) is 0 Å². The summed E-state index contributed by atoms with van der Waals surface area (Å²) in [4.78, 5) is 22.9. The Morgan fingerprint density at radius 3 is 2.44 bits per heavy atom. The Morgan fingerprint density at radius 1 is 1.28 bits per heavy atom. The third-order valence-corrected chi connectivity index (χ3v) is 2.30. The topological polar surface area (TPSA) is 67.4 Å².